The Morgan fingerprint density at radius 2 is 2.12 bits per heavy atom. The number of amides is 1. The summed E-state index contributed by atoms with van der Waals surface area (Å²) in [4.78, 5) is 12.0. The Morgan fingerprint density at radius 3 is 2.81 bits per heavy atom. The number of carbonyl (C=O) groups is 1. The monoisotopic (exact) mass is 217 g/mol. The highest BCUT2D eigenvalue weighted by molar-refractivity contribution is 6.17. The molecule has 0 spiro atoms. The van der Waals surface area contributed by atoms with E-state index in [9.17, 15) is 9.90 Å². The fourth-order valence-corrected chi connectivity index (χ4v) is 2.02. The molecule has 0 radical (unpaired) electrons. The van der Waals surface area contributed by atoms with Gasteiger partial charge in [-0.2, -0.15) is 5.10 Å². The van der Waals surface area contributed by atoms with Gasteiger partial charge in [0.25, 0.3) is 5.91 Å². The Balaban J connectivity index is 1.94. The van der Waals surface area contributed by atoms with Gasteiger partial charge in [-0.3, -0.25) is 4.79 Å². The van der Waals surface area contributed by atoms with Gasteiger partial charge in [-0.15, -0.1) is 0 Å². The van der Waals surface area contributed by atoms with E-state index in [2.05, 4.69) is 10.4 Å². The van der Waals surface area contributed by atoms with Crippen molar-refractivity contribution in [1.82, 2.24) is 5.32 Å². The van der Waals surface area contributed by atoms with Gasteiger partial charge in [-0.05, 0) is 24.3 Å². The summed E-state index contributed by atoms with van der Waals surface area (Å²) in [6, 6.07) is 6.47. The van der Waals surface area contributed by atoms with Crippen molar-refractivity contribution in [2.45, 2.75) is 0 Å². The molecule has 0 saturated carbocycles. The van der Waals surface area contributed by atoms with Gasteiger partial charge in [0.05, 0.1) is 17.3 Å². The van der Waals surface area contributed by atoms with E-state index >= 15 is 0 Å². The molecule has 2 heterocycles. The molecule has 5 heteroatoms. The largest absolute Gasteiger partial charge is 0.508 e. The van der Waals surface area contributed by atoms with E-state index in [1.165, 1.54) is 5.01 Å². The van der Waals surface area contributed by atoms with Crippen LogP contribution in [0.3, 0.4) is 0 Å². The first-order chi connectivity index (χ1) is 7.75. The lowest BCUT2D eigenvalue weighted by Gasteiger charge is -2.13. The van der Waals surface area contributed by atoms with Gasteiger partial charge < -0.3 is 10.4 Å². The SMILES string of the molecule is O=C1C2CNCC2=NN1c1ccc(O)cc1. The minimum absolute atomic E-state index is 0.00527. The topological polar surface area (TPSA) is 64.9 Å². The maximum atomic E-state index is 12.0. The first-order valence-corrected chi connectivity index (χ1v) is 5.17. The van der Waals surface area contributed by atoms with Crippen molar-refractivity contribution in [2.75, 3.05) is 18.1 Å². The first kappa shape index (κ1) is 9.35. The summed E-state index contributed by atoms with van der Waals surface area (Å²) in [5.41, 5.74) is 1.60. The van der Waals surface area contributed by atoms with Crippen molar-refractivity contribution in [3.63, 3.8) is 0 Å². The summed E-state index contributed by atoms with van der Waals surface area (Å²) < 4.78 is 0. The summed E-state index contributed by atoms with van der Waals surface area (Å²) >= 11 is 0. The van der Waals surface area contributed by atoms with Gasteiger partial charge in [-0.25, -0.2) is 5.01 Å². The average molecular weight is 217 g/mol. The molecule has 0 aliphatic carbocycles. The van der Waals surface area contributed by atoms with E-state index in [-0.39, 0.29) is 17.6 Å². The Morgan fingerprint density at radius 1 is 1.38 bits per heavy atom. The van der Waals surface area contributed by atoms with Crippen molar-refractivity contribution < 1.29 is 9.90 Å². The Kier molecular flexibility index (Phi) is 1.94. The van der Waals surface area contributed by atoms with Crippen molar-refractivity contribution in [2.24, 2.45) is 11.0 Å². The standard InChI is InChI=1S/C11H11N3O2/c15-8-3-1-7(2-4-8)14-11(16)9-5-12-6-10(9)13-14/h1-4,9,12,15H,5-6H2. The molecule has 1 aromatic rings. The number of benzene rings is 1. The van der Waals surface area contributed by atoms with Crippen LogP contribution in [0.25, 0.3) is 0 Å². The molecular formula is C11H11N3O2. The maximum absolute atomic E-state index is 12.0. The number of carbonyl (C=O) groups excluding carboxylic acids is 1. The molecule has 0 bridgehead atoms. The van der Waals surface area contributed by atoms with Gasteiger partial charge in [-0.1, -0.05) is 0 Å². The molecule has 82 valence electrons. The molecule has 0 aromatic heterocycles. The smallest absolute Gasteiger partial charge is 0.257 e. The van der Waals surface area contributed by atoms with E-state index in [0.29, 0.717) is 18.8 Å². The number of fused-ring (bicyclic) bond motifs is 1. The van der Waals surface area contributed by atoms with Crippen molar-refractivity contribution in [3.8, 4) is 5.75 Å². The third-order valence-corrected chi connectivity index (χ3v) is 2.89. The molecule has 1 saturated heterocycles. The molecule has 2 aliphatic rings. The molecule has 1 atom stereocenters. The van der Waals surface area contributed by atoms with Gasteiger partial charge in [0, 0.05) is 13.1 Å². The molecule has 1 unspecified atom stereocenters. The van der Waals surface area contributed by atoms with Crippen LogP contribution in [-0.4, -0.2) is 29.8 Å². The number of phenols is 1. The minimum Gasteiger partial charge on any atom is -0.508 e. The second kappa shape index (κ2) is 3.31. The molecule has 16 heavy (non-hydrogen) atoms. The number of hydrazone groups is 1. The van der Waals surface area contributed by atoms with Gasteiger partial charge in [0.1, 0.15) is 5.75 Å². The summed E-state index contributed by atoms with van der Waals surface area (Å²) in [6.07, 6.45) is 0. The van der Waals surface area contributed by atoms with Crippen LogP contribution in [0.4, 0.5) is 5.69 Å². The Hall–Kier alpha value is -1.88. The molecular weight excluding hydrogens is 206 g/mol. The summed E-state index contributed by atoms with van der Waals surface area (Å²) in [6.45, 7) is 1.36. The molecule has 2 N–H and O–H groups in total. The van der Waals surface area contributed by atoms with Crippen LogP contribution in [-0.2, 0) is 4.79 Å². The maximum Gasteiger partial charge on any atom is 0.257 e. The summed E-state index contributed by atoms with van der Waals surface area (Å²) in [7, 11) is 0. The highest BCUT2D eigenvalue weighted by Gasteiger charge is 2.39. The van der Waals surface area contributed by atoms with Crippen molar-refractivity contribution in [1.29, 1.82) is 0 Å². The number of anilines is 1. The van der Waals surface area contributed by atoms with Crippen LogP contribution in [0.5, 0.6) is 5.75 Å². The van der Waals surface area contributed by atoms with Crippen LogP contribution in [0.15, 0.2) is 29.4 Å². The van der Waals surface area contributed by atoms with Crippen LogP contribution in [0.2, 0.25) is 0 Å². The van der Waals surface area contributed by atoms with E-state index in [4.69, 9.17) is 0 Å². The van der Waals surface area contributed by atoms with Gasteiger partial charge in [0.2, 0.25) is 0 Å². The molecule has 3 rings (SSSR count). The van der Waals surface area contributed by atoms with Crippen LogP contribution in [0, 0.1) is 5.92 Å². The summed E-state index contributed by atoms with van der Waals surface area (Å²) in [5, 5.41) is 18.0. The zero-order chi connectivity index (χ0) is 11.1. The van der Waals surface area contributed by atoms with Gasteiger partial charge in [0.15, 0.2) is 0 Å². The third kappa shape index (κ3) is 1.29. The number of phenolic OH excluding ortho intramolecular Hbond substituents is 1. The Labute approximate surface area is 92.4 Å². The highest BCUT2D eigenvalue weighted by Crippen LogP contribution is 2.26. The number of nitrogens with one attached hydrogen (secondary N) is 1. The van der Waals surface area contributed by atoms with E-state index < -0.39 is 0 Å². The van der Waals surface area contributed by atoms with Gasteiger partial charge >= 0.3 is 0 Å². The molecule has 1 fully saturated rings. The predicted octanol–water partition coefficient (Wildman–Crippen LogP) is 0.314. The van der Waals surface area contributed by atoms with E-state index in [1.807, 2.05) is 0 Å². The molecule has 5 nitrogen and oxygen atoms in total. The van der Waals surface area contributed by atoms with E-state index in [1.54, 1.807) is 24.3 Å². The highest BCUT2D eigenvalue weighted by atomic mass is 16.3. The molecule has 1 aromatic carbocycles. The third-order valence-electron chi connectivity index (χ3n) is 2.89. The lowest BCUT2D eigenvalue weighted by Crippen LogP contribution is -2.28. The zero-order valence-corrected chi connectivity index (χ0v) is 8.55. The second-order valence-corrected chi connectivity index (χ2v) is 3.94. The normalized spacial score (nSPS) is 23.5. The minimum atomic E-state index is -0.103. The van der Waals surface area contributed by atoms with Crippen LogP contribution >= 0.6 is 0 Å². The Bertz CT molecular complexity index is 467. The number of hydrogen-bond acceptors (Lipinski definition) is 4. The lowest BCUT2D eigenvalue weighted by atomic mass is 10.1. The van der Waals surface area contributed by atoms with Crippen molar-refractivity contribution in [3.05, 3.63) is 24.3 Å². The second-order valence-electron chi connectivity index (χ2n) is 3.94. The number of aromatic hydroxyl groups is 1. The van der Waals surface area contributed by atoms with Crippen LogP contribution < -0.4 is 10.3 Å². The van der Waals surface area contributed by atoms with Crippen LogP contribution in [0.1, 0.15) is 0 Å². The number of nitrogens with zero attached hydrogens (tertiary/aromatic N) is 2. The fourth-order valence-electron chi connectivity index (χ4n) is 2.02. The molecule has 2 aliphatic heterocycles. The quantitative estimate of drug-likeness (QED) is 0.711. The first-order valence-electron chi connectivity index (χ1n) is 5.17. The number of rotatable bonds is 1. The summed E-state index contributed by atoms with van der Waals surface area (Å²) in [5.74, 6) is 0.0874. The average Bonchev–Trinajstić information content (AvgIpc) is 2.84. The lowest BCUT2D eigenvalue weighted by molar-refractivity contribution is -0.119. The molecule has 1 amide bonds. The zero-order valence-electron chi connectivity index (χ0n) is 8.55. The van der Waals surface area contributed by atoms with E-state index in [0.717, 1.165) is 5.71 Å². The fraction of sp³-hybridized carbons (Fsp3) is 0.273. The number of hydrogen-bond donors (Lipinski definition) is 2. The van der Waals surface area contributed by atoms with Crippen molar-refractivity contribution >= 4 is 17.3 Å². The predicted molar refractivity (Wildman–Crippen MR) is 59.4 cm³/mol.